The van der Waals surface area contributed by atoms with Crippen molar-refractivity contribution < 1.29 is 40.6 Å². The van der Waals surface area contributed by atoms with Gasteiger partial charge in [0.2, 0.25) is 0 Å². The SMILES string of the molecule is CC(C)N1C(=O)C(c2ccc(OC(F)(F)F)cc2)=C(c2ccc(OC(F)(F)F)cc2)C[C@H]1C. The lowest BCUT2D eigenvalue weighted by atomic mass is 9.85. The molecule has 4 nitrogen and oxygen atoms in total. The molecule has 0 unspecified atom stereocenters. The molecule has 0 aromatic heterocycles. The van der Waals surface area contributed by atoms with Gasteiger partial charge in [0.15, 0.2) is 0 Å². The number of alkyl halides is 6. The Morgan fingerprint density at radius 2 is 1.24 bits per heavy atom. The lowest BCUT2D eigenvalue weighted by molar-refractivity contribution is -0.275. The average molecular weight is 473 g/mol. The molecular weight excluding hydrogens is 452 g/mol. The number of rotatable bonds is 5. The number of benzene rings is 2. The Morgan fingerprint density at radius 3 is 1.64 bits per heavy atom. The maximum atomic E-state index is 13.4. The standard InChI is InChI=1S/C23H21F6NO3/c1-13(2)30-14(3)12-19(15-4-8-17(9-5-15)32-22(24,25)26)20(21(30)31)16-6-10-18(11-7-16)33-23(27,28)29/h4-11,13-14H,12H2,1-3H3/t14-/m1/s1. The summed E-state index contributed by atoms with van der Waals surface area (Å²) in [6, 6.07) is 9.72. The third kappa shape index (κ3) is 6.00. The minimum Gasteiger partial charge on any atom is -0.406 e. The van der Waals surface area contributed by atoms with E-state index in [9.17, 15) is 31.1 Å². The van der Waals surface area contributed by atoms with Crippen molar-refractivity contribution in [3.8, 4) is 11.5 Å². The molecule has 1 heterocycles. The molecule has 0 N–H and O–H groups in total. The second-order valence-electron chi connectivity index (χ2n) is 7.86. The van der Waals surface area contributed by atoms with Crippen LogP contribution in [0.1, 0.15) is 38.3 Å². The van der Waals surface area contributed by atoms with E-state index in [1.54, 1.807) is 4.90 Å². The van der Waals surface area contributed by atoms with Crippen LogP contribution in [0.25, 0.3) is 11.1 Å². The monoisotopic (exact) mass is 473 g/mol. The van der Waals surface area contributed by atoms with Crippen molar-refractivity contribution in [1.82, 2.24) is 4.90 Å². The van der Waals surface area contributed by atoms with Crippen LogP contribution in [0.2, 0.25) is 0 Å². The van der Waals surface area contributed by atoms with E-state index >= 15 is 0 Å². The molecule has 0 fully saturated rings. The number of carbonyl (C=O) groups is 1. The van der Waals surface area contributed by atoms with Gasteiger partial charge in [-0.1, -0.05) is 24.3 Å². The van der Waals surface area contributed by atoms with E-state index in [2.05, 4.69) is 9.47 Å². The van der Waals surface area contributed by atoms with Crippen molar-refractivity contribution in [2.45, 2.75) is 52.0 Å². The van der Waals surface area contributed by atoms with Gasteiger partial charge < -0.3 is 14.4 Å². The van der Waals surface area contributed by atoms with Crippen LogP contribution in [0, 0.1) is 0 Å². The summed E-state index contributed by atoms with van der Waals surface area (Å²) in [5.41, 5.74) is 1.73. The van der Waals surface area contributed by atoms with E-state index in [4.69, 9.17) is 0 Å². The first-order valence-electron chi connectivity index (χ1n) is 10.0. The van der Waals surface area contributed by atoms with Gasteiger partial charge in [-0.25, -0.2) is 0 Å². The van der Waals surface area contributed by atoms with Crippen LogP contribution in [0.4, 0.5) is 26.3 Å². The molecule has 33 heavy (non-hydrogen) atoms. The van der Waals surface area contributed by atoms with Gasteiger partial charge in [-0.15, -0.1) is 26.3 Å². The Kier molecular flexibility index (Phi) is 6.67. The molecule has 178 valence electrons. The predicted molar refractivity (Wildman–Crippen MR) is 109 cm³/mol. The number of hydrogen-bond donors (Lipinski definition) is 0. The van der Waals surface area contributed by atoms with E-state index in [1.165, 1.54) is 24.3 Å². The minimum atomic E-state index is -4.85. The molecule has 0 aliphatic carbocycles. The molecule has 0 saturated heterocycles. The highest BCUT2D eigenvalue weighted by molar-refractivity contribution is 6.28. The Balaban J connectivity index is 2.06. The molecule has 2 aromatic rings. The van der Waals surface area contributed by atoms with Gasteiger partial charge in [0.1, 0.15) is 11.5 Å². The normalized spacial score (nSPS) is 17.6. The lowest BCUT2D eigenvalue weighted by Gasteiger charge is -2.39. The number of halogens is 6. The average Bonchev–Trinajstić information content (AvgIpc) is 2.66. The molecule has 0 radical (unpaired) electrons. The molecule has 2 aromatic carbocycles. The number of carbonyl (C=O) groups excluding carboxylic acids is 1. The highest BCUT2D eigenvalue weighted by Gasteiger charge is 2.36. The van der Waals surface area contributed by atoms with Crippen LogP contribution in [-0.2, 0) is 4.79 Å². The third-order valence-electron chi connectivity index (χ3n) is 5.09. The number of hydrogen-bond acceptors (Lipinski definition) is 3. The maximum absolute atomic E-state index is 13.4. The van der Waals surface area contributed by atoms with Gasteiger partial charge in [0.25, 0.3) is 5.91 Å². The van der Waals surface area contributed by atoms with Crippen LogP contribution >= 0.6 is 0 Å². The fraction of sp³-hybridized carbons (Fsp3) is 0.348. The highest BCUT2D eigenvalue weighted by Crippen LogP contribution is 2.39. The van der Waals surface area contributed by atoms with Crippen molar-refractivity contribution in [2.24, 2.45) is 0 Å². The largest absolute Gasteiger partial charge is 0.573 e. The maximum Gasteiger partial charge on any atom is 0.573 e. The first-order valence-corrected chi connectivity index (χ1v) is 10.0. The van der Waals surface area contributed by atoms with Gasteiger partial charge in [0, 0.05) is 12.1 Å². The molecule has 1 amide bonds. The Bertz CT molecular complexity index is 1020. The summed E-state index contributed by atoms with van der Waals surface area (Å²) in [5.74, 6) is -1.15. The smallest absolute Gasteiger partial charge is 0.406 e. The zero-order chi connectivity index (χ0) is 24.6. The third-order valence-corrected chi connectivity index (χ3v) is 5.09. The fourth-order valence-electron chi connectivity index (χ4n) is 3.94. The second-order valence-corrected chi connectivity index (χ2v) is 7.86. The quantitative estimate of drug-likeness (QED) is 0.470. The van der Waals surface area contributed by atoms with Crippen LogP contribution < -0.4 is 9.47 Å². The van der Waals surface area contributed by atoms with Gasteiger partial charge in [0.05, 0.1) is 5.57 Å². The zero-order valence-corrected chi connectivity index (χ0v) is 17.9. The molecule has 1 aliphatic heterocycles. The molecular formula is C23H21F6NO3. The van der Waals surface area contributed by atoms with Gasteiger partial charge in [-0.2, -0.15) is 0 Å². The Hall–Kier alpha value is -3.17. The van der Waals surface area contributed by atoms with Gasteiger partial charge >= 0.3 is 12.7 Å². The molecule has 10 heteroatoms. The van der Waals surface area contributed by atoms with Crippen LogP contribution in [0.3, 0.4) is 0 Å². The van der Waals surface area contributed by atoms with Crippen molar-refractivity contribution in [2.75, 3.05) is 0 Å². The van der Waals surface area contributed by atoms with Gasteiger partial charge in [-0.05, 0) is 68.2 Å². The summed E-state index contributed by atoms with van der Waals surface area (Å²) in [4.78, 5) is 15.1. The van der Waals surface area contributed by atoms with Crippen molar-refractivity contribution in [3.05, 3.63) is 59.7 Å². The van der Waals surface area contributed by atoms with E-state index in [0.29, 0.717) is 23.1 Å². The first kappa shape index (κ1) is 24.5. The zero-order valence-electron chi connectivity index (χ0n) is 17.9. The fourth-order valence-corrected chi connectivity index (χ4v) is 3.94. The molecule has 1 aliphatic rings. The summed E-state index contributed by atoms with van der Waals surface area (Å²) in [5, 5.41) is 0. The number of ether oxygens (including phenoxy) is 2. The van der Waals surface area contributed by atoms with Crippen LogP contribution in [0.5, 0.6) is 11.5 Å². The molecule has 0 saturated carbocycles. The van der Waals surface area contributed by atoms with E-state index in [1.807, 2.05) is 20.8 Å². The molecule has 0 spiro atoms. The van der Waals surface area contributed by atoms with Crippen LogP contribution in [-0.4, -0.2) is 35.6 Å². The first-order chi connectivity index (χ1) is 15.2. The Labute approximate surface area is 186 Å². The summed E-state index contributed by atoms with van der Waals surface area (Å²) in [7, 11) is 0. The topological polar surface area (TPSA) is 38.8 Å². The van der Waals surface area contributed by atoms with Crippen molar-refractivity contribution >= 4 is 17.1 Å². The molecule has 3 rings (SSSR count). The minimum absolute atomic E-state index is 0.139. The number of nitrogens with zero attached hydrogens (tertiary/aromatic N) is 1. The molecule has 0 bridgehead atoms. The van der Waals surface area contributed by atoms with Crippen molar-refractivity contribution in [3.63, 3.8) is 0 Å². The summed E-state index contributed by atoms with van der Waals surface area (Å²) in [6.07, 6.45) is -9.28. The van der Waals surface area contributed by atoms with E-state index in [0.717, 1.165) is 24.3 Å². The lowest BCUT2D eigenvalue weighted by Crippen LogP contribution is -2.46. The van der Waals surface area contributed by atoms with Gasteiger partial charge in [-0.3, -0.25) is 4.79 Å². The molecule has 1 atom stereocenters. The van der Waals surface area contributed by atoms with E-state index in [-0.39, 0.29) is 23.6 Å². The second kappa shape index (κ2) is 8.99. The summed E-state index contributed by atoms with van der Waals surface area (Å²) >= 11 is 0. The van der Waals surface area contributed by atoms with Crippen molar-refractivity contribution in [1.29, 1.82) is 0 Å². The predicted octanol–water partition coefficient (Wildman–Crippen LogP) is 6.42. The Morgan fingerprint density at radius 1 is 0.818 bits per heavy atom. The highest BCUT2D eigenvalue weighted by atomic mass is 19.4. The van der Waals surface area contributed by atoms with E-state index < -0.39 is 24.2 Å². The summed E-state index contributed by atoms with van der Waals surface area (Å²) in [6.45, 7) is 5.55. The van der Waals surface area contributed by atoms with Crippen LogP contribution in [0.15, 0.2) is 48.5 Å². The summed E-state index contributed by atoms with van der Waals surface area (Å²) < 4.78 is 82.7. The number of amides is 1.